The lowest BCUT2D eigenvalue weighted by atomic mass is 9.96. The maximum Gasteiger partial charge on any atom is 0.134 e. The minimum Gasteiger partial charge on any atom is -0.376 e. The zero-order valence-corrected chi connectivity index (χ0v) is 19.6. The molecule has 0 bridgehead atoms. The van der Waals surface area contributed by atoms with Crippen molar-refractivity contribution in [2.24, 2.45) is 11.8 Å². The van der Waals surface area contributed by atoms with Gasteiger partial charge in [-0.3, -0.25) is 4.79 Å². The van der Waals surface area contributed by atoms with Crippen LogP contribution < -0.4 is 0 Å². The molecule has 2 atom stereocenters. The molecule has 0 aliphatic carbocycles. The van der Waals surface area contributed by atoms with Crippen LogP contribution in [0.1, 0.15) is 50.7 Å². The molecule has 32 heavy (non-hydrogen) atoms. The summed E-state index contributed by atoms with van der Waals surface area (Å²) in [5.41, 5.74) is 2.39. The van der Waals surface area contributed by atoms with E-state index in [0.29, 0.717) is 45.1 Å². The molecule has 0 aromatic heterocycles. The number of carbonyl (C=O) groups is 1. The number of ether oxygens (including phenoxy) is 2. The predicted octanol–water partition coefficient (Wildman–Crippen LogP) is 6.93. The van der Waals surface area contributed by atoms with E-state index >= 15 is 0 Å². The number of rotatable bonds is 16. The molecule has 0 unspecified atom stereocenters. The van der Waals surface area contributed by atoms with Crippen LogP contribution in [0.5, 0.6) is 0 Å². The van der Waals surface area contributed by atoms with E-state index < -0.39 is 0 Å². The predicted molar refractivity (Wildman–Crippen MR) is 132 cm³/mol. The van der Waals surface area contributed by atoms with Gasteiger partial charge in [0.15, 0.2) is 0 Å². The quantitative estimate of drug-likeness (QED) is 0.212. The summed E-state index contributed by atoms with van der Waals surface area (Å²) < 4.78 is 11.4. The summed E-state index contributed by atoms with van der Waals surface area (Å²) in [6.45, 7) is 6.89. The third-order valence-electron chi connectivity index (χ3n) is 5.11. The Labute approximate surface area is 194 Å². The number of ketones is 1. The number of allylic oxidation sites excluding steroid dienone is 2. The maximum atomic E-state index is 12.3. The maximum absolute atomic E-state index is 12.3. The first-order valence-electron chi connectivity index (χ1n) is 11.7. The molecule has 3 heteroatoms. The second kappa shape index (κ2) is 16.2. The second-order valence-electron chi connectivity index (χ2n) is 8.41. The molecule has 172 valence electrons. The molecule has 0 aliphatic heterocycles. The Hall–Kier alpha value is -2.49. The Morgan fingerprint density at radius 2 is 1.12 bits per heavy atom. The van der Waals surface area contributed by atoms with Crippen molar-refractivity contribution in [1.82, 2.24) is 0 Å². The highest BCUT2D eigenvalue weighted by atomic mass is 16.5. The smallest absolute Gasteiger partial charge is 0.134 e. The Balaban J connectivity index is 1.49. The highest BCUT2D eigenvalue weighted by molar-refractivity contribution is 5.79. The van der Waals surface area contributed by atoms with E-state index in [1.54, 1.807) is 0 Å². The van der Waals surface area contributed by atoms with E-state index in [1.807, 2.05) is 36.4 Å². The summed E-state index contributed by atoms with van der Waals surface area (Å²) in [6, 6.07) is 20.4. The molecule has 0 aliphatic rings. The van der Waals surface area contributed by atoms with Crippen LogP contribution in [0.2, 0.25) is 0 Å². The van der Waals surface area contributed by atoms with Crippen LogP contribution in [0.25, 0.3) is 0 Å². The van der Waals surface area contributed by atoms with Gasteiger partial charge < -0.3 is 9.47 Å². The highest BCUT2D eigenvalue weighted by Crippen LogP contribution is 2.13. The van der Waals surface area contributed by atoms with E-state index in [-0.39, 0.29) is 11.8 Å². The molecule has 3 nitrogen and oxygen atoms in total. The lowest BCUT2D eigenvalue weighted by Crippen LogP contribution is -2.07. The van der Waals surface area contributed by atoms with Crippen molar-refractivity contribution in [3.63, 3.8) is 0 Å². The van der Waals surface area contributed by atoms with Crippen molar-refractivity contribution in [3.8, 4) is 0 Å². The number of Topliss-reactive ketones (excluding diaryl/α,β-unsaturated/α-hetero) is 1. The lowest BCUT2D eigenvalue weighted by Gasteiger charge is -2.09. The summed E-state index contributed by atoms with van der Waals surface area (Å²) in [5, 5.41) is 0. The summed E-state index contributed by atoms with van der Waals surface area (Å²) >= 11 is 0. The largest absolute Gasteiger partial charge is 0.376 e. The summed E-state index contributed by atoms with van der Waals surface area (Å²) in [6.07, 6.45) is 11.5. The third-order valence-corrected chi connectivity index (χ3v) is 5.11. The zero-order valence-electron chi connectivity index (χ0n) is 19.6. The van der Waals surface area contributed by atoms with E-state index in [9.17, 15) is 4.79 Å². The average molecular weight is 435 g/mol. The monoisotopic (exact) mass is 434 g/mol. The summed E-state index contributed by atoms with van der Waals surface area (Å²) in [4.78, 5) is 12.3. The number of carbonyl (C=O) groups excluding carboxylic acids is 1. The molecule has 0 spiro atoms. The third kappa shape index (κ3) is 12.4. The van der Waals surface area contributed by atoms with Crippen molar-refractivity contribution in [2.75, 3.05) is 13.2 Å². The van der Waals surface area contributed by atoms with Crippen molar-refractivity contribution >= 4 is 5.78 Å². The first-order chi connectivity index (χ1) is 15.6. The Kier molecular flexibility index (Phi) is 13.0. The summed E-state index contributed by atoms with van der Waals surface area (Å²) in [7, 11) is 0. The van der Waals surface area contributed by atoms with Gasteiger partial charge in [0.25, 0.3) is 0 Å². The normalized spacial score (nSPS) is 13.6. The van der Waals surface area contributed by atoms with E-state index in [0.717, 1.165) is 12.8 Å². The zero-order chi connectivity index (χ0) is 22.9. The molecule has 0 N–H and O–H groups in total. The Morgan fingerprint density at radius 1 is 0.719 bits per heavy atom. The molecule has 2 rings (SSSR count). The highest BCUT2D eigenvalue weighted by Gasteiger charge is 2.09. The van der Waals surface area contributed by atoms with Crippen LogP contribution in [0.15, 0.2) is 85.0 Å². The van der Waals surface area contributed by atoms with Crippen molar-refractivity contribution < 1.29 is 14.3 Å². The standard InChI is InChI=1S/C29H38O3/c1-25(13-9-11-19-31-23-27-15-5-3-6-16-27)21-29(30)22-26(2)14-10-12-20-32-24-28-17-7-4-8-18-28/h3-10,13-18,25-26H,11-12,19-24H2,1-2H3/b13-9+,14-10+/t25-,26-/m1/s1. The fourth-order valence-electron chi connectivity index (χ4n) is 3.43. The molecular formula is C29H38O3. The SMILES string of the molecule is C[C@H](/C=C/CCOCc1ccccc1)CC(=O)C[C@H](C)/C=C/CCOCc1ccccc1. The fraction of sp³-hybridized carbons (Fsp3) is 0.414. The van der Waals surface area contributed by atoms with Crippen molar-refractivity contribution in [1.29, 1.82) is 0 Å². The van der Waals surface area contributed by atoms with Gasteiger partial charge in [-0.2, -0.15) is 0 Å². The van der Waals surface area contributed by atoms with Gasteiger partial charge in [0.1, 0.15) is 5.78 Å². The van der Waals surface area contributed by atoms with Crippen LogP contribution in [0.3, 0.4) is 0 Å². The molecule has 0 amide bonds. The lowest BCUT2D eigenvalue weighted by molar-refractivity contribution is -0.120. The van der Waals surface area contributed by atoms with E-state index in [4.69, 9.17) is 9.47 Å². The molecule has 2 aromatic carbocycles. The molecule has 0 saturated carbocycles. The number of hydrogen-bond donors (Lipinski definition) is 0. The first kappa shape index (κ1) is 25.8. The van der Waals surface area contributed by atoms with Gasteiger partial charge >= 0.3 is 0 Å². The van der Waals surface area contributed by atoms with Gasteiger partial charge in [0, 0.05) is 12.8 Å². The minimum atomic E-state index is 0.263. The van der Waals surface area contributed by atoms with Crippen LogP contribution >= 0.6 is 0 Å². The van der Waals surface area contributed by atoms with Gasteiger partial charge in [-0.15, -0.1) is 0 Å². The molecule has 0 fully saturated rings. The fourth-order valence-corrected chi connectivity index (χ4v) is 3.43. The van der Waals surface area contributed by atoms with Gasteiger partial charge in [-0.05, 0) is 35.8 Å². The molecule has 0 heterocycles. The van der Waals surface area contributed by atoms with Crippen LogP contribution in [0, 0.1) is 11.8 Å². The first-order valence-corrected chi connectivity index (χ1v) is 11.7. The van der Waals surface area contributed by atoms with Gasteiger partial charge in [-0.25, -0.2) is 0 Å². The van der Waals surface area contributed by atoms with Gasteiger partial charge in [0.2, 0.25) is 0 Å². The van der Waals surface area contributed by atoms with Gasteiger partial charge in [-0.1, -0.05) is 98.8 Å². The number of hydrogen-bond acceptors (Lipinski definition) is 3. The number of benzene rings is 2. The molecule has 2 aromatic rings. The van der Waals surface area contributed by atoms with Crippen molar-refractivity contribution in [3.05, 3.63) is 96.1 Å². The molecule has 0 radical (unpaired) electrons. The van der Waals surface area contributed by atoms with Gasteiger partial charge in [0.05, 0.1) is 26.4 Å². The minimum absolute atomic E-state index is 0.263. The van der Waals surface area contributed by atoms with Crippen LogP contribution in [-0.4, -0.2) is 19.0 Å². The Morgan fingerprint density at radius 3 is 1.53 bits per heavy atom. The van der Waals surface area contributed by atoms with E-state index in [1.165, 1.54) is 11.1 Å². The van der Waals surface area contributed by atoms with Crippen LogP contribution in [0.4, 0.5) is 0 Å². The molecular weight excluding hydrogens is 396 g/mol. The van der Waals surface area contributed by atoms with Crippen molar-refractivity contribution in [2.45, 2.75) is 52.7 Å². The topological polar surface area (TPSA) is 35.5 Å². The van der Waals surface area contributed by atoms with Crippen LogP contribution in [-0.2, 0) is 27.5 Å². The van der Waals surface area contributed by atoms with E-state index in [2.05, 4.69) is 62.4 Å². The summed E-state index contributed by atoms with van der Waals surface area (Å²) in [5.74, 6) is 0.846. The second-order valence-corrected chi connectivity index (χ2v) is 8.41. The average Bonchev–Trinajstić information content (AvgIpc) is 2.79. The molecule has 0 saturated heterocycles. The Bertz CT molecular complexity index is 728.